The Morgan fingerprint density at radius 3 is 2.54 bits per heavy atom. The molecule has 3 aromatic rings. The second-order valence-electron chi connectivity index (χ2n) is 8.96. The third kappa shape index (κ3) is 4.84. The standard InChI is InChI=1S/C29H26FNO3S/c1-18-26(29(33)34-14-13-19-6-3-2-4-7-19)27(20-9-11-22(30)12-10-20)28-23(31-18)16-21(17-24(28)32)25-8-5-15-35-25/h2-12,15,21,27,31H,13-14,16-17H2,1H3/t21-,27+/m1/s1. The van der Waals surface area contributed by atoms with E-state index < -0.39 is 11.9 Å². The van der Waals surface area contributed by atoms with Gasteiger partial charge in [0, 0.05) is 46.5 Å². The van der Waals surface area contributed by atoms with Gasteiger partial charge in [0.2, 0.25) is 0 Å². The number of rotatable bonds is 6. The van der Waals surface area contributed by atoms with E-state index in [1.807, 2.05) is 48.7 Å². The van der Waals surface area contributed by atoms with E-state index in [9.17, 15) is 14.0 Å². The van der Waals surface area contributed by atoms with E-state index in [2.05, 4.69) is 11.4 Å². The maximum atomic E-state index is 13.7. The molecule has 1 aliphatic heterocycles. The second-order valence-corrected chi connectivity index (χ2v) is 9.94. The van der Waals surface area contributed by atoms with Crippen LogP contribution >= 0.6 is 11.3 Å². The van der Waals surface area contributed by atoms with Gasteiger partial charge in [-0.2, -0.15) is 0 Å². The van der Waals surface area contributed by atoms with Gasteiger partial charge < -0.3 is 10.1 Å². The average molecular weight is 488 g/mol. The molecule has 2 atom stereocenters. The van der Waals surface area contributed by atoms with E-state index >= 15 is 0 Å². The summed E-state index contributed by atoms with van der Waals surface area (Å²) in [7, 11) is 0. The van der Waals surface area contributed by atoms with E-state index in [1.165, 1.54) is 17.0 Å². The number of hydrogen-bond donors (Lipinski definition) is 1. The predicted molar refractivity (Wildman–Crippen MR) is 134 cm³/mol. The Kier molecular flexibility index (Phi) is 6.64. The summed E-state index contributed by atoms with van der Waals surface area (Å²) in [6, 6.07) is 19.9. The van der Waals surface area contributed by atoms with Crippen molar-refractivity contribution < 1.29 is 18.7 Å². The van der Waals surface area contributed by atoms with Gasteiger partial charge in [-0.25, -0.2) is 9.18 Å². The summed E-state index contributed by atoms with van der Waals surface area (Å²) in [4.78, 5) is 28.1. The Bertz CT molecular complexity index is 1290. The molecular formula is C29H26FNO3S. The van der Waals surface area contributed by atoms with Crippen LogP contribution in [-0.2, 0) is 20.7 Å². The number of carbonyl (C=O) groups excluding carboxylic acids is 2. The Balaban J connectivity index is 1.46. The third-order valence-corrected chi connectivity index (χ3v) is 7.70. The number of halogens is 1. The first-order valence-electron chi connectivity index (χ1n) is 11.7. The SMILES string of the molecule is CC1=C(C(=O)OCCc2ccccc2)[C@H](c2ccc(F)cc2)C2=C(C[C@@H](c3cccs3)CC2=O)N1. The number of allylic oxidation sites excluding steroid dienone is 3. The Labute approximate surface area is 208 Å². The van der Waals surface area contributed by atoms with Crippen molar-refractivity contribution in [3.05, 3.63) is 116 Å². The molecule has 0 fully saturated rings. The summed E-state index contributed by atoms with van der Waals surface area (Å²) in [5, 5.41) is 5.38. The summed E-state index contributed by atoms with van der Waals surface area (Å²) >= 11 is 1.65. The maximum Gasteiger partial charge on any atom is 0.336 e. The lowest BCUT2D eigenvalue weighted by Crippen LogP contribution is -2.36. The molecule has 4 nitrogen and oxygen atoms in total. The van der Waals surface area contributed by atoms with Crippen molar-refractivity contribution in [2.45, 2.75) is 38.0 Å². The van der Waals surface area contributed by atoms with E-state index in [1.54, 1.807) is 23.5 Å². The summed E-state index contributed by atoms with van der Waals surface area (Å²) in [5.74, 6) is -1.30. The predicted octanol–water partition coefficient (Wildman–Crippen LogP) is 6.03. The lowest BCUT2D eigenvalue weighted by atomic mass is 9.72. The highest BCUT2D eigenvalue weighted by molar-refractivity contribution is 7.10. The van der Waals surface area contributed by atoms with Gasteiger partial charge in [0.25, 0.3) is 0 Å². The Morgan fingerprint density at radius 2 is 1.83 bits per heavy atom. The first-order valence-corrected chi connectivity index (χ1v) is 12.6. The molecule has 1 aromatic heterocycles. The molecule has 6 heteroatoms. The van der Waals surface area contributed by atoms with Crippen LogP contribution in [0.3, 0.4) is 0 Å². The number of carbonyl (C=O) groups is 2. The summed E-state index contributed by atoms with van der Waals surface area (Å²) in [5.41, 5.74) is 4.29. The highest BCUT2D eigenvalue weighted by Crippen LogP contribution is 2.46. The number of nitrogens with one attached hydrogen (secondary N) is 1. The van der Waals surface area contributed by atoms with Gasteiger partial charge >= 0.3 is 5.97 Å². The lowest BCUT2D eigenvalue weighted by molar-refractivity contribution is -0.139. The summed E-state index contributed by atoms with van der Waals surface area (Å²) in [6.45, 7) is 2.07. The van der Waals surface area contributed by atoms with Crippen LogP contribution in [0.4, 0.5) is 4.39 Å². The number of Topliss-reactive ketones (excluding diaryl/α,β-unsaturated/α-hetero) is 1. The second kappa shape index (κ2) is 10.0. The molecule has 1 N–H and O–H groups in total. The fraction of sp³-hybridized carbons (Fsp3) is 0.241. The minimum absolute atomic E-state index is 0.00793. The van der Waals surface area contributed by atoms with E-state index in [4.69, 9.17) is 4.74 Å². The van der Waals surface area contributed by atoms with E-state index in [0.29, 0.717) is 41.7 Å². The highest BCUT2D eigenvalue weighted by Gasteiger charge is 2.41. The minimum atomic E-state index is -0.590. The van der Waals surface area contributed by atoms with Crippen molar-refractivity contribution in [3.63, 3.8) is 0 Å². The van der Waals surface area contributed by atoms with Crippen molar-refractivity contribution in [1.29, 1.82) is 0 Å². The van der Waals surface area contributed by atoms with E-state index in [-0.39, 0.29) is 24.1 Å². The van der Waals surface area contributed by atoms with E-state index in [0.717, 1.165) is 11.3 Å². The van der Waals surface area contributed by atoms with Crippen LogP contribution in [0.1, 0.15) is 47.6 Å². The molecule has 0 saturated heterocycles. The minimum Gasteiger partial charge on any atom is -0.462 e. The van der Waals surface area contributed by atoms with Crippen molar-refractivity contribution >= 4 is 23.1 Å². The first-order chi connectivity index (χ1) is 17.0. The van der Waals surface area contributed by atoms with Crippen molar-refractivity contribution in [2.24, 2.45) is 0 Å². The quantitative estimate of drug-likeness (QED) is 0.431. The topological polar surface area (TPSA) is 55.4 Å². The Morgan fingerprint density at radius 1 is 1.06 bits per heavy atom. The van der Waals surface area contributed by atoms with Gasteiger partial charge in [-0.15, -0.1) is 11.3 Å². The molecule has 2 aromatic carbocycles. The number of esters is 1. The fourth-order valence-corrected chi connectivity index (χ4v) is 5.84. The molecule has 2 aliphatic rings. The molecule has 0 unspecified atom stereocenters. The molecule has 0 spiro atoms. The van der Waals surface area contributed by atoms with Crippen LogP contribution in [-0.4, -0.2) is 18.4 Å². The maximum absolute atomic E-state index is 13.7. The number of ketones is 1. The Hall–Kier alpha value is -3.51. The third-order valence-electron chi connectivity index (χ3n) is 6.66. The van der Waals surface area contributed by atoms with Crippen molar-refractivity contribution in [3.8, 4) is 0 Å². The molecule has 35 heavy (non-hydrogen) atoms. The fourth-order valence-electron chi connectivity index (χ4n) is 5.01. The molecule has 0 bridgehead atoms. The molecule has 2 heterocycles. The smallest absolute Gasteiger partial charge is 0.336 e. The van der Waals surface area contributed by atoms with Crippen LogP contribution in [0.5, 0.6) is 0 Å². The average Bonchev–Trinajstić information content (AvgIpc) is 3.39. The molecular weight excluding hydrogens is 461 g/mol. The molecule has 5 rings (SSSR count). The number of dihydropyridines is 1. The van der Waals surface area contributed by atoms with Gasteiger partial charge in [0.1, 0.15) is 5.82 Å². The first kappa shape index (κ1) is 23.2. The van der Waals surface area contributed by atoms with Crippen LogP contribution < -0.4 is 5.32 Å². The molecule has 1 aliphatic carbocycles. The molecule has 0 saturated carbocycles. The number of thiophene rings is 1. The van der Waals surface area contributed by atoms with Gasteiger partial charge in [0.05, 0.1) is 12.2 Å². The van der Waals surface area contributed by atoms with Crippen molar-refractivity contribution in [1.82, 2.24) is 5.32 Å². The molecule has 0 radical (unpaired) electrons. The highest BCUT2D eigenvalue weighted by atomic mass is 32.1. The largest absolute Gasteiger partial charge is 0.462 e. The van der Waals surface area contributed by atoms with Crippen LogP contribution in [0.2, 0.25) is 0 Å². The summed E-state index contributed by atoms with van der Waals surface area (Å²) in [6.07, 6.45) is 1.67. The number of benzene rings is 2. The molecule has 178 valence electrons. The zero-order chi connectivity index (χ0) is 24.4. The van der Waals surface area contributed by atoms with Crippen LogP contribution in [0, 0.1) is 5.82 Å². The van der Waals surface area contributed by atoms with Crippen LogP contribution in [0.25, 0.3) is 0 Å². The van der Waals surface area contributed by atoms with Crippen LogP contribution in [0.15, 0.2) is 94.7 Å². The zero-order valence-corrected chi connectivity index (χ0v) is 20.2. The lowest BCUT2D eigenvalue weighted by Gasteiger charge is -2.36. The van der Waals surface area contributed by atoms with Gasteiger partial charge in [-0.3, -0.25) is 4.79 Å². The van der Waals surface area contributed by atoms with Gasteiger partial charge in [-0.05, 0) is 48.1 Å². The van der Waals surface area contributed by atoms with Crippen molar-refractivity contribution in [2.75, 3.05) is 6.61 Å². The number of hydrogen-bond acceptors (Lipinski definition) is 5. The van der Waals surface area contributed by atoms with Gasteiger partial charge in [0.15, 0.2) is 5.78 Å². The normalized spacial score (nSPS) is 19.9. The zero-order valence-electron chi connectivity index (χ0n) is 19.4. The number of ether oxygens (including phenoxy) is 1. The van der Waals surface area contributed by atoms with Gasteiger partial charge in [-0.1, -0.05) is 48.5 Å². The monoisotopic (exact) mass is 487 g/mol. The molecule has 0 amide bonds. The summed E-state index contributed by atoms with van der Waals surface area (Å²) < 4.78 is 19.4.